The van der Waals surface area contributed by atoms with E-state index < -0.39 is 6.23 Å². The monoisotopic (exact) mass is 570 g/mol. The van der Waals surface area contributed by atoms with Gasteiger partial charge < -0.3 is 20.5 Å². The minimum absolute atomic E-state index is 0.0759. The molecule has 4 heterocycles. The molecule has 0 bridgehead atoms. The van der Waals surface area contributed by atoms with Crippen molar-refractivity contribution in [3.05, 3.63) is 77.5 Å². The molecule has 0 radical (unpaired) electrons. The topological polar surface area (TPSA) is 129 Å². The number of anilines is 3. The number of benzene rings is 1. The number of pyridine rings is 2. The van der Waals surface area contributed by atoms with Crippen molar-refractivity contribution >= 4 is 50.6 Å². The molecule has 0 saturated heterocycles. The largest absolute Gasteiger partial charge is 0.439 e. The normalized spacial score (nSPS) is 18.7. The van der Waals surface area contributed by atoms with Gasteiger partial charge in [-0.05, 0) is 75.1 Å². The number of hydrogen-bond donors (Lipinski definition) is 4. The number of rotatable bonds is 8. The predicted molar refractivity (Wildman–Crippen MR) is 159 cm³/mol. The Morgan fingerprint density at radius 3 is 2.83 bits per heavy atom. The first-order valence-electron chi connectivity index (χ1n) is 13.4. The minimum Gasteiger partial charge on any atom is -0.439 e. The van der Waals surface area contributed by atoms with Crippen LogP contribution < -0.4 is 25.6 Å². The molecule has 6 rings (SSSR count). The Labute approximate surface area is 241 Å². The Balaban J connectivity index is 1.29. The number of aliphatic hydroxyl groups excluding tert-OH is 1. The number of aliphatic hydroxyl groups is 1. The first kappa shape index (κ1) is 26.9. The standard InChI is InChI=1S/C30H30N6O4S/c1-4-23(37)33-19-8-6-9-20(19)34-28(38)27-26-25-22(13-14-31-29(25)41-27)36(30(39)35-26)21-12-11-18(15-16(21)2)40-24-10-5-7-17(3)32-24/h4-5,7,10-15,19-20,23,33,37H,1,6,8-9H2,2-3H3,(H,34,38)(H,35,39)/t19-,20+,23?/m0/s1. The van der Waals surface area contributed by atoms with Gasteiger partial charge in [0.1, 0.15) is 21.7 Å². The highest BCUT2D eigenvalue weighted by atomic mass is 32.1. The molecule has 1 aromatic carbocycles. The van der Waals surface area contributed by atoms with E-state index in [9.17, 15) is 14.7 Å². The molecule has 0 spiro atoms. The molecule has 3 atom stereocenters. The lowest BCUT2D eigenvalue weighted by atomic mass is 10.1. The number of thiophene rings is 1. The first-order chi connectivity index (χ1) is 19.8. The quantitative estimate of drug-likeness (QED) is 0.162. The first-order valence-corrected chi connectivity index (χ1v) is 14.3. The van der Waals surface area contributed by atoms with Crippen molar-refractivity contribution in [3.63, 3.8) is 0 Å². The third-order valence-electron chi connectivity index (χ3n) is 7.39. The third-order valence-corrected chi connectivity index (χ3v) is 8.48. The van der Waals surface area contributed by atoms with E-state index in [1.54, 1.807) is 29.3 Å². The fraction of sp³-hybridized carbons (Fsp3) is 0.267. The molecule has 1 aliphatic heterocycles. The average molecular weight is 571 g/mol. The lowest BCUT2D eigenvalue weighted by molar-refractivity contribution is 0.0925. The van der Waals surface area contributed by atoms with Gasteiger partial charge in [0.05, 0.1) is 22.4 Å². The lowest BCUT2D eigenvalue weighted by Gasteiger charge is -2.29. The minimum atomic E-state index is -0.844. The molecular weight excluding hydrogens is 540 g/mol. The number of carbonyl (C=O) groups is 2. The van der Waals surface area contributed by atoms with Crippen molar-refractivity contribution in [3.8, 4) is 11.6 Å². The van der Waals surface area contributed by atoms with Crippen molar-refractivity contribution in [1.29, 1.82) is 0 Å². The molecular formula is C30H30N6O4S. The second-order valence-electron chi connectivity index (χ2n) is 10.2. The summed E-state index contributed by atoms with van der Waals surface area (Å²) in [6, 6.07) is 12.3. The van der Waals surface area contributed by atoms with E-state index in [2.05, 4.69) is 32.5 Å². The van der Waals surface area contributed by atoms with E-state index in [1.807, 2.05) is 38.1 Å². The maximum Gasteiger partial charge on any atom is 0.331 e. The summed E-state index contributed by atoms with van der Waals surface area (Å²) in [5.41, 5.74) is 3.48. The Morgan fingerprint density at radius 1 is 1.22 bits per heavy atom. The number of ether oxygens (including phenoxy) is 1. The van der Waals surface area contributed by atoms with Gasteiger partial charge in [-0.25, -0.2) is 14.8 Å². The maximum absolute atomic E-state index is 13.6. The van der Waals surface area contributed by atoms with Crippen LogP contribution in [0, 0.1) is 13.8 Å². The molecule has 41 heavy (non-hydrogen) atoms. The summed E-state index contributed by atoms with van der Waals surface area (Å²) >= 11 is 1.24. The fourth-order valence-electron chi connectivity index (χ4n) is 5.48. The second kappa shape index (κ2) is 10.9. The Kier molecular flexibility index (Phi) is 7.16. The molecule has 3 aromatic heterocycles. The van der Waals surface area contributed by atoms with Crippen LogP contribution in [0.3, 0.4) is 0 Å². The van der Waals surface area contributed by atoms with Crippen molar-refractivity contribution in [2.45, 2.75) is 51.4 Å². The number of aromatic nitrogens is 2. The summed E-state index contributed by atoms with van der Waals surface area (Å²) in [7, 11) is 0. The van der Waals surface area contributed by atoms with Gasteiger partial charge in [0, 0.05) is 30.0 Å². The smallest absolute Gasteiger partial charge is 0.331 e. The summed E-state index contributed by atoms with van der Waals surface area (Å²) in [6.07, 6.45) is 4.77. The number of nitrogens with zero attached hydrogens (tertiary/aromatic N) is 3. The van der Waals surface area contributed by atoms with Crippen molar-refractivity contribution in [1.82, 2.24) is 20.6 Å². The second-order valence-corrected chi connectivity index (χ2v) is 11.2. The molecule has 4 aromatic rings. The highest BCUT2D eigenvalue weighted by molar-refractivity contribution is 7.21. The van der Waals surface area contributed by atoms with Gasteiger partial charge in [-0.1, -0.05) is 12.6 Å². The molecule has 210 valence electrons. The van der Waals surface area contributed by atoms with E-state index in [0.717, 1.165) is 30.5 Å². The van der Waals surface area contributed by atoms with Gasteiger partial charge in [-0.2, -0.15) is 0 Å². The Hall–Kier alpha value is -4.32. The lowest BCUT2D eigenvalue weighted by Crippen LogP contribution is -2.49. The summed E-state index contributed by atoms with van der Waals surface area (Å²) in [4.78, 5) is 38.6. The SMILES string of the molecule is C=CC(O)N[C@H]1CCC[C@H]1NC(=O)c1sc2nccc3c2c1NC(=O)N3c1ccc(Oc2cccc(C)n2)cc1C. The molecule has 2 aliphatic rings. The summed E-state index contributed by atoms with van der Waals surface area (Å²) in [5.74, 6) is 0.822. The number of aryl methyl sites for hydroxylation is 2. The van der Waals surface area contributed by atoms with Gasteiger partial charge in [-0.15, -0.1) is 11.3 Å². The molecule has 10 nitrogen and oxygen atoms in total. The number of nitrogens with one attached hydrogen (secondary N) is 3. The summed E-state index contributed by atoms with van der Waals surface area (Å²) in [5, 5.41) is 19.8. The van der Waals surface area contributed by atoms with Gasteiger partial charge in [0.15, 0.2) is 0 Å². The third kappa shape index (κ3) is 5.15. The van der Waals surface area contributed by atoms with Crippen LogP contribution in [0.2, 0.25) is 0 Å². The van der Waals surface area contributed by atoms with E-state index >= 15 is 0 Å². The van der Waals surface area contributed by atoms with Crippen LogP contribution in [0.5, 0.6) is 11.6 Å². The molecule has 4 N–H and O–H groups in total. The van der Waals surface area contributed by atoms with Crippen molar-refractivity contribution in [2.75, 3.05) is 10.2 Å². The Bertz CT molecular complexity index is 1670. The van der Waals surface area contributed by atoms with Crippen LogP contribution in [-0.2, 0) is 0 Å². The zero-order valence-electron chi connectivity index (χ0n) is 22.7. The molecule has 1 saturated carbocycles. The zero-order chi connectivity index (χ0) is 28.7. The average Bonchev–Trinajstić information content (AvgIpc) is 3.54. The van der Waals surface area contributed by atoms with Crippen LogP contribution in [-0.4, -0.2) is 45.3 Å². The van der Waals surface area contributed by atoms with E-state index in [4.69, 9.17) is 4.74 Å². The Morgan fingerprint density at radius 2 is 2.05 bits per heavy atom. The van der Waals surface area contributed by atoms with Crippen LogP contribution in [0.4, 0.5) is 21.9 Å². The van der Waals surface area contributed by atoms with Gasteiger partial charge in [0.25, 0.3) is 5.91 Å². The molecule has 1 unspecified atom stereocenters. The van der Waals surface area contributed by atoms with Gasteiger partial charge in [-0.3, -0.25) is 15.0 Å². The maximum atomic E-state index is 13.6. The molecule has 1 fully saturated rings. The van der Waals surface area contributed by atoms with E-state index in [-0.39, 0.29) is 24.0 Å². The fourth-order valence-corrected chi connectivity index (χ4v) is 6.50. The van der Waals surface area contributed by atoms with Crippen LogP contribution in [0.15, 0.2) is 61.3 Å². The van der Waals surface area contributed by atoms with E-state index in [0.29, 0.717) is 43.8 Å². The zero-order valence-corrected chi connectivity index (χ0v) is 23.5. The predicted octanol–water partition coefficient (Wildman–Crippen LogP) is 5.53. The summed E-state index contributed by atoms with van der Waals surface area (Å²) in [6.45, 7) is 7.42. The van der Waals surface area contributed by atoms with Crippen molar-refractivity contribution < 1.29 is 19.4 Å². The number of carbonyl (C=O) groups excluding carboxylic acids is 2. The van der Waals surface area contributed by atoms with Crippen LogP contribution in [0.25, 0.3) is 10.2 Å². The number of urea groups is 1. The van der Waals surface area contributed by atoms with Crippen molar-refractivity contribution in [2.24, 2.45) is 0 Å². The highest BCUT2D eigenvalue weighted by Crippen LogP contribution is 2.46. The van der Waals surface area contributed by atoms with Crippen LogP contribution in [0.1, 0.15) is 40.2 Å². The number of hydrogen-bond acceptors (Lipinski definition) is 8. The molecule has 1 aliphatic carbocycles. The van der Waals surface area contributed by atoms with Crippen LogP contribution >= 0.6 is 11.3 Å². The number of amides is 3. The van der Waals surface area contributed by atoms with Gasteiger partial charge in [0.2, 0.25) is 5.88 Å². The highest BCUT2D eigenvalue weighted by Gasteiger charge is 2.35. The summed E-state index contributed by atoms with van der Waals surface area (Å²) < 4.78 is 5.94. The molecule has 11 heteroatoms. The molecule has 3 amide bonds. The van der Waals surface area contributed by atoms with E-state index in [1.165, 1.54) is 17.4 Å². The van der Waals surface area contributed by atoms with Gasteiger partial charge >= 0.3 is 6.03 Å².